The largest absolute Gasteiger partial charge is 0.505 e. The third-order valence-corrected chi connectivity index (χ3v) is 2.00. The molecule has 0 heterocycles. The number of rotatable bonds is 2. The Kier molecular flexibility index (Phi) is 3.76. The molecule has 1 aromatic carbocycles. The number of halogens is 2. The lowest BCUT2D eigenvalue weighted by molar-refractivity contribution is 0.249. The number of hydrogen-bond acceptors (Lipinski definition) is 3. The molecule has 0 aliphatic heterocycles. The first-order valence-electron chi connectivity index (χ1n) is 3.77. The summed E-state index contributed by atoms with van der Waals surface area (Å²) in [6.45, 7) is 0. The van der Waals surface area contributed by atoms with Crippen molar-refractivity contribution in [1.29, 1.82) is 0 Å². The molecule has 7 heteroatoms. The van der Waals surface area contributed by atoms with Crippen LogP contribution >= 0.6 is 23.2 Å². The number of carbonyl (C=O) groups excluding carboxylic acids is 1. The van der Waals surface area contributed by atoms with E-state index in [2.05, 4.69) is 5.10 Å². The molecule has 4 N–H and O–H groups in total. The molecule has 0 radical (unpaired) electrons. The summed E-state index contributed by atoms with van der Waals surface area (Å²) in [5.41, 5.74) is 7.32. The Balaban J connectivity index is 2.87. The van der Waals surface area contributed by atoms with Gasteiger partial charge in [0.15, 0.2) is 5.75 Å². The molecule has 0 fully saturated rings. The number of hydrazone groups is 1. The van der Waals surface area contributed by atoms with Gasteiger partial charge in [-0.05, 0) is 17.7 Å². The summed E-state index contributed by atoms with van der Waals surface area (Å²) >= 11 is 11.3. The number of phenols is 1. The third kappa shape index (κ3) is 3.30. The Morgan fingerprint density at radius 1 is 1.47 bits per heavy atom. The molecule has 1 aromatic rings. The first-order chi connectivity index (χ1) is 7.00. The number of primary amides is 1. The Morgan fingerprint density at radius 3 is 2.47 bits per heavy atom. The second-order valence-electron chi connectivity index (χ2n) is 2.57. The number of amides is 2. The van der Waals surface area contributed by atoms with E-state index in [1.54, 1.807) is 0 Å². The predicted octanol–water partition coefficient (Wildman–Crippen LogP) is 1.70. The van der Waals surface area contributed by atoms with Crippen LogP contribution in [-0.2, 0) is 0 Å². The molecule has 0 saturated heterocycles. The van der Waals surface area contributed by atoms with E-state index >= 15 is 0 Å². The van der Waals surface area contributed by atoms with E-state index in [0.29, 0.717) is 5.56 Å². The molecule has 0 unspecified atom stereocenters. The number of benzene rings is 1. The lowest BCUT2D eigenvalue weighted by Gasteiger charge is -2.01. The molecule has 0 aromatic heterocycles. The summed E-state index contributed by atoms with van der Waals surface area (Å²) in [7, 11) is 0. The topological polar surface area (TPSA) is 87.7 Å². The van der Waals surface area contributed by atoms with Gasteiger partial charge < -0.3 is 10.8 Å². The van der Waals surface area contributed by atoms with Crippen molar-refractivity contribution in [3.05, 3.63) is 27.7 Å². The maximum absolute atomic E-state index is 10.3. The van der Waals surface area contributed by atoms with Crippen LogP contribution in [0, 0.1) is 0 Å². The Labute approximate surface area is 95.5 Å². The molecule has 0 atom stereocenters. The monoisotopic (exact) mass is 247 g/mol. The van der Waals surface area contributed by atoms with Gasteiger partial charge in [-0.15, -0.1) is 0 Å². The Morgan fingerprint density at radius 2 is 2.00 bits per heavy atom. The lowest BCUT2D eigenvalue weighted by Crippen LogP contribution is -2.24. The zero-order chi connectivity index (χ0) is 11.4. The van der Waals surface area contributed by atoms with Crippen LogP contribution in [0.1, 0.15) is 5.56 Å². The van der Waals surface area contributed by atoms with E-state index in [1.165, 1.54) is 18.3 Å². The van der Waals surface area contributed by atoms with Crippen LogP contribution in [0.4, 0.5) is 4.79 Å². The molecule has 1 rings (SSSR count). The Bertz CT molecular complexity index is 397. The van der Waals surface area contributed by atoms with Crippen LogP contribution in [-0.4, -0.2) is 17.4 Å². The zero-order valence-electron chi connectivity index (χ0n) is 7.37. The van der Waals surface area contributed by atoms with Crippen LogP contribution in [0.15, 0.2) is 17.2 Å². The van der Waals surface area contributed by atoms with Crippen LogP contribution in [0.3, 0.4) is 0 Å². The minimum absolute atomic E-state index is 0.100. The third-order valence-electron chi connectivity index (χ3n) is 1.43. The molecule has 0 bridgehead atoms. The highest BCUT2D eigenvalue weighted by Crippen LogP contribution is 2.32. The second kappa shape index (κ2) is 4.86. The number of nitrogens with zero attached hydrogens (tertiary/aromatic N) is 1. The van der Waals surface area contributed by atoms with Crippen LogP contribution < -0.4 is 11.2 Å². The number of aromatic hydroxyl groups is 1. The number of nitrogens with one attached hydrogen (secondary N) is 1. The highest BCUT2D eigenvalue weighted by Gasteiger charge is 2.04. The number of phenolic OH excluding ortho intramolecular Hbond substituents is 1. The van der Waals surface area contributed by atoms with Gasteiger partial charge in [0.2, 0.25) is 0 Å². The van der Waals surface area contributed by atoms with E-state index in [0.717, 1.165) is 0 Å². The molecule has 0 spiro atoms. The fourth-order valence-corrected chi connectivity index (χ4v) is 1.33. The molecule has 0 aliphatic carbocycles. The van der Waals surface area contributed by atoms with Gasteiger partial charge in [-0.2, -0.15) is 5.10 Å². The zero-order valence-corrected chi connectivity index (χ0v) is 8.88. The minimum atomic E-state index is -0.776. The summed E-state index contributed by atoms with van der Waals surface area (Å²) in [6.07, 6.45) is 1.29. The summed E-state index contributed by atoms with van der Waals surface area (Å²) in [5, 5.41) is 13.0. The lowest BCUT2D eigenvalue weighted by atomic mass is 10.2. The highest BCUT2D eigenvalue weighted by atomic mass is 35.5. The van der Waals surface area contributed by atoms with Crippen LogP contribution in [0.25, 0.3) is 0 Å². The smallest absolute Gasteiger partial charge is 0.332 e. The second-order valence-corrected chi connectivity index (χ2v) is 3.38. The summed E-state index contributed by atoms with van der Waals surface area (Å²) in [5.74, 6) is -0.196. The molecule has 0 aliphatic rings. The predicted molar refractivity (Wildman–Crippen MR) is 58.4 cm³/mol. The van der Waals surface area contributed by atoms with E-state index < -0.39 is 6.03 Å². The van der Waals surface area contributed by atoms with E-state index in [-0.39, 0.29) is 15.8 Å². The van der Waals surface area contributed by atoms with Crippen molar-refractivity contribution in [3.63, 3.8) is 0 Å². The van der Waals surface area contributed by atoms with Crippen molar-refractivity contribution >= 4 is 35.4 Å². The first-order valence-corrected chi connectivity index (χ1v) is 4.53. The van der Waals surface area contributed by atoms with E-state index in [4.69, 9.17) is 28.9 Å². The van der Waals surface area contributed by atoms with Gasteiger partial charge in [-0.25, -0.2) is 10.2 Å². The fraction of sp³-hybridized carbons (Fsp3) is 0. The van der Waals surface area contributed by atoms with Gasteiger partial charge in [-0.1, -0.05) is 23.2 Å². The molecular weight excluding hydrogens is 241 g/mol. The normalized spacial score (nSPS) is 10.5. The van der Waals surface area contributed by atoms with Gasteiger partial charge in [-0.3, -0.25) is 0 Å². The van der Waals surface area contributed by atoms with Crippen LogP contribution in [0.5, 0.6) is 5.75 Å². The molecular formula is C8H7Cl2N3O2. The number of nitrogens with two attached hydrogens (primary N) is 1. The number of carbonyl (C=O) groups is 1. The summed E-state index contributed by atoms with van der Waals surface area (Å²) < 4.78 is 0. The summed E-state index contributed by atoms with van der Waals surface area (Å²) in [4.78, 5) is 10.3. The van der Waals surface area contributed by atoms with Gasteiger partial charge in [0.25, 0.3) is 0 Å². The van der Waals surface area contributed by atoms with Gasteiger partial charge >= 0.3 is 6.03 Å². The van der Waals surface area contributed by atoms with E-state index in [1.807, 2.05) is 5.43 Å². The van der Waals surface area contributed by atoms with Crippen molar-refractivity contribution in [1.82, 2.24) is 5.43 Å². The van der Waals surface area contributed by atoms with Crippen molar-refractivity contribution in [2.24, 2.45) is 10.8 Å². The standard InChI is InChI=1S/C8H7Cl2N3O2/c9-5-1-4(2-6(10)7(5)14)3-12-13-8(11)15/h1-3,14H,(H3,11,13,15). The molecule has 15 heavy (non-hydrogen) atoms. The maximum atomic E-state index is 10.3. The van der Waals surface area contributed by atoms with Crippen molar-refractivity contribution in [3.8, 4) is 5.75 Å². The molecule has 80 valence electrons. The molecule has 5 nitrogen and oxygen atoms in total. The highest BCUT2D eigenvalue weighted by molar-refractivity contribution is 6.37. The van der Waals surface area contributed by atoms with Gasteiger partial charge in [0.1, 0.15) is 0 Å². The van der Waals surface area contributed by atoms with Crippen molar-refractivity contribution < 1.29 is 9.90 Å². The molecule has 0 saturated carbocycles. The quantitative estimate of drug-likeness (QED) is 0.549. The average Bonchev–Trinajstić information content (AvgIpc) is 2.13. The average molecular weight is 248 g/mol. The SMILES string of the molecule is NC(=O)NN=Cc1cc(Cl)c(O)c(Cl)c1. The first kappa shape index (κ1) is 11.6. The number of urea groups is 1. The molecule has 2 amide bonds. The van der Waals surface area contributed by atoms with E-state index in [9.17, 15) is 9.90 Å². The Hall–Kier alpha value is -1.46. The van der Waals surface area contributed by atoms with Gasteiger partial charge in [0, 0.05) is 0 Å². The fourth-order valence-electron chi connectivity index (χ4n) is 0.830. The van der Waals surface area contributed by atoms with Crippen molar-refractivity contribution in [2.45, 2.75) is 0 Å². The number of hydrogen-bond donors (Lipinski definition) is 3. The minimum Gasteiger partial charge on any atom is -0.505 e. The van der Waals surface area contributed by atoms with Crippen molar-refractivity contribution in [2.75, 3.05) is 0 Å². The maximum Gasteiger partial charge on any atom is 0.332 e. The van der Waals surface area contributed by atoms with Crippen LogP contribution in [0.2, 0.25) is 10.0 Å². The van der Waals surface area contributed by atoms with Gasteiger partial charge in [0.05, 0.1) is 16.3 Å². The summed E-state index contributed by atoms with van der Waals surface area (Å²) in [6, 6.07) is 2.10.